The highest BCUT2D eigenvalue weighted by atomic mass is 32.2. The highest BCUT2D eigenvalue weighted by Gasteiger charge is 2.24. The van der Waals surface area contributed by atoms with Crippen molar-refractivity contribution in [3.8, 4) is 0 Å². The molecule has 1 rings (SSSR count). The van der Waals surface area contributed by atoms with E-state index in [2.05, 4.69) is 4.98 Å². The number of pyridine rings is 1. The lowest BCUT2D eigenvalue weighted by molar-refractivity contribution is -0.384. The van der Waals surface area contributed by atoms with E-state index in [1.54, 1.807) is 0 Å². The summed E-state index contributed by atoms with van der Waals surface area (Å²) in [6, 6.07) is 0.839. The molecule has 100 valence electrons. The van der Waals surface area contributed by atoms with E-state index in [0.717, 1.165) is 16.6 Å². The number of rotatable bonds is 5. The van der Waals surface area contributed by atoms with Gasteiger partial charge in [0.1, 0.15) is 4.90 Å². The zero-order valence-corrected chi connectivity index (χ0v) is 10.3. The molecule has 0 radical (unpaired) electrons. The summed E-state index contributed by atoms with van der Waals surface area (Å²) in [5.74, 6) is -0.358. The SMILES string of the molecule is CN(CCO)S(=O)(=O)c1cnc(N)c([N+](=O)[O-])c1. The first kappa shape index (κ1) is 14.3. The predicted octanol–water partition coefficient (Wildman–Crippen LogP) is -0.815. The quantitative estimate of drug-likeness (QED) is 0.529. The second kappa shape index (κ2) is 5.25. The lowest BCUT2D eigenvalue weighted by atomic mass is 10.4. The molecule has 0 aliphatic heterocycles. The van der Waals surface area contributed by atoms with Crippen molar-refractivity contribution in [3.63, 3.8) is 0 Å². The molecule has 0 aromatic carbocycles. The fourth-order valence-corrected chi connectivity index (χ4v) is 2.30. The van der Waals surface area contributed by atoms with Crippen LogP contribution in [-0.2, 0) is 10.0 Å². The third-order valence-corrected chi connectivity index (χ3v) is 4.01. The summed E-state index contributed by atoms with van der Waals surface area (Å²) in [5, 5.41) is 19.3. The maximum absolute atomic E-state index is 11.9. The van der Waals surface area contributed by atoms with Crippen molar-refractivity contribution in [2.45, 2.75) is 4.90 Å². The van der Waals surface area contributed by atoms with Gasteiger partial charge in [0, 0.05) is 25.9 Å². The number of nitrogens with two attached hydrogens (primary N) is 1. The third kappa shape index (κ3) is 2.72. The van der Waals surface area contributed by atoms with Crippen LogP contribution in [0, 0.1) is 10.1 Å². The van der Waals surface area contributed by atoms with E-state index < -0.39 is 20.6 Å². The van der Waals surface area contributed by atoms with Gasteiger partial charge in [-0.3, -0.25) is 10.1 Å². The molecular weight excluding hydrogens is 264 g/mol. The molecule has 1 heterocycles. The number of aliphatic hydroxyl groups excluding tert-OH is 1. The minimum atomic E-state index is -3.92. The molecule has 0 aliphatic rings. The second-order valence-electron chi connectivity index (χ2n) is 3.38. The number of nitrogen functional groups attached to an aromatic ring is 1. The number of hydrogen-bond donors (Lipinski definition) is 2. The van der Waals surface area contributed by atoms with Crippen LogP contribution >= 0.6 is 0 Å². The summed E-state index contributed by atoms with van der Waals surface area (Å²) in [4.78, 5) is 13.0. The van der Waals surface area contributed by atoms with Crippen LogP contribution in [0.4, 0.5) is 11.5 Å². The summed E-state index contributed by atoms with van der Waals surface area (Å²) in [7, 11) is -2.68. The van der Waals surface area contributed by atoms with E-state index >= 15 is 0 Å². The fraction of sp³-hybridized carbons (Fsp3) is 0.375. The molecule has 0 bridgehead atoms. The van der Waals surface area contributed by atoms with Gasteiger partial charge in [-0.2, -0.15) is 4.31 Å². The maximum atomic E-state index is 11.9. The molecule has 0 fully saturated rings. The first-order chi connectivity index (χ1) is 8.30. The summed E-state index contributed by atoms with van der Waals surface area (Å²) in [5.41, 5.74) is 4.69. The normalized spacial score (nSPS) is 11.7. The van der Waals surface area contributed by atoms with Crippen LogP contribution in [0.1, 0.15) is 0 Å². The summed E-state index contributed by atoms with van der Waals surface area (Å²) in [6.45, 7) is -0.485. The maximum Gasteiger partial charge on any atom is 0.312 e. The molecule has 0 saturated heterocycles. The Labute approximate surface area is 103 Å². The predicted molar refractivity (Wildman–Crippen MR) is 62.2 cm³/mol. The van der Waals surface area contributed by atoms with Crippen LogP contribution in [0.3, 0.4) is 0 Å². The standard InChI is InChI=1S/C8H12N4O5S/c1-11(2-3-13)18(16,17)6-4-7(12(14)15)8(9)10-5-6/h4-5,13H,2-3H2,1H3,(H2,9,10). The number of anilines is 1. The number of aromatic nitrogens is 1. The highest BCUT2D eigenvalue weighted by Crippen LogP contribution is 2.23. The van der Waals surface area contributed by atoms with Crippen LogP contribution in [-0.4, -0.2) is 47.9 Å². The zero-order valence-electron chi connectivity index (χ0n) is 9.48. The molecule has 0 unspecified atom stereocenters. The second-order valence-corrected chi connectivity index (χ2v) is 5.43. The summed E-state index contributed by atoms with van der Waals surface area (Å²) in [6.07, 6.45) is 0.936. The van der Waals surface area contributed by atoms with Gasteiger partial charge in [-0.05, 0) is 0 Å². The number of likely N-dealkylation sites (N-methyl/N-ethyl adjacent to an activating group) is 1. The lowest BCUT2D eigenvalue weighted by Gasteiger charge is -2.15. The topological polar surface area (TPSA) is 140 Å². The van der Waals surface area contributed by atoms with Crippen molar-refractivity contribution in [1.82, 2.24) is 9.29 Å². The molecule has 10 heteroatoms. The Morgan fingerprint density at radius 3 is 2.72 bits per heavy atom. The third-order valence-electron chi connectivity index (χ3n) is 2.19. The van der Waals surface area contributed by atoms with Crippen molar-refractivity contribution in [1.29, 1.82) is 0 Å². The molecule has 1 aromatic rings. The number of nitro groups is 1. The van der Waals surface area contributed by atoms with Crippen LogP contribution in [0.15, 0.2) is 17.2 Å². The van der Waals surface area contributed by atoms with Gasteiger partial charge in [0.05, 0.1) is 11.5 Å². The Bertz CT molecular complexity index is 559. The van der Waals surface area contributed by atoms with E-state index in [4.69, 9.17) is 10.8 Å². The van der Waals surface area contributed by atoms with Gasteiger partial charge in [0.15, 0.2) is 0 Å². The molecule has 0 amide bonds. The van der Waals surface area contributed by atoms with Crippen molar-refractivity contribution in [3.05, 3.63) is 22.4 Å². The van der Waals surface area contributed by atoms with Crippen molar-refractivity contribution >= 4 is 21.5 Å². The van der Waals surface area contributed by atoms with E-state index in [9.17, 15) is 18.5 Å². The Morgan fingerprint density at radius 1 is 1.61 bits per heavy atom. The van der Waals surface area contributed by atoms with Gasteiger partial charge in [0.2, 0.25) is 15.8 Å². The van der Waals surface area contributed by atoms with Crippen LogP contribution < -0.4 is 5.73 Å². The molecule has 3 N–H and O–H groups in total. The molecule has 0 aliphatic carbocycles. The van der Waals surface area contributed by atoms with Gasteiger partial charge in [-0.1, -0.05) is 0 Å². The Kier molecular flexibility index (Phi) is 4.16. The average Bonchev–Trinajstić information content (AvgIpc) is 2.29. The Morgan fingerprint density at radius 2 is 2.22 bits per heavy atom. The fourth-order valence-electron chi connectivity index (χ4n) is 1.17. The van der Waals surface area contributed by atoms with Crippen molar-refractivity contribution < 1.29 is 18.4 Å². The van der Waals surface area contributed by atoms with Gasteiger partial charge in [-0.25, -0.2) is 13.4 Å². The molecule has 1 aromatic heterocycles. The van der Waals surface area contributed by atoms with Gasteiger partial charge < -0.3 is 10.8 Å². The minimum Gasteiger partial charge on any atom is -0.395 e. The Hall–Kier alpha value is -1.78. The van der Waals surface area contributed by atoms with Crippen LogP contribution in [0.5, 0.6) is 0 Å². The summed E-state index contributed by atoms with van der Waals surface area (Å²) >= 11 is 0. The molecule has 0 atom stereocenters. The number of hydrogen-bond acceptors (Lipinski definition) is 7. The Balaban J connectivity index is 3.26. The van der Waals surface area contributed by atoms with Gasteiger partial charge in [0.25, 0.3) is 0 Å². The lowest BCUT2D eigenvalue weighted by Crippen LogP contribution is -2.29. The van der Waals surface area contributed by atoms with Gasteiger partial charge in [-0.15, -0.1) is 0 Å². The van der Waals surface area contributed by atoms with Gasteiger partial charge >= 0.3 is 5.69 Å². The highest BCUT2D eigenvalue weighted by molar-refractivity contribution is 7.89. The zero-order chi connectivity index (χ0) is 13.9. The molecular formula is C8H12N4O5S. The summed E-state index contributed by atoms with van der Waals surface area (Å²) < 4.78 is 24.7. The largest absolute Gasteiger partial charge is 0.395 e. The number of sulfonamides is 1. The minimum absolute atomic E-state index is 0.124. The molecule has 9 nitrogen and oxygen atoms in total. The molecule has 18 heavy (non-hydrogen) atoms. The molecule has 0 spiro atoms. The average molecular weight is 276 g/mol. The first-order valence-corrected chi connectivity index (χ1v) is 6.22. The number of aliphatic hydroxyl groups is 1. The monoisotopic (exact) mass is 276 g/mol. The van der Waals surface area contributed by atoms with Crippen LogP contribution in [0.25, 0.3) is 0 Å². The van der Waals surface area contributed by atoms with Crippen LogP contribution in [0.2, 0.25) is 0 Å². The van der Waals surface area contributed by atoms with E-state index in [-0.39, 0.29) is 23.9 Å². The van der Waals surface area contributed by atoms with E-state index in [1.807, 2.05) is 0 Å². The van der Waals surface area contributed by atoms with E-state index in [0.29, 0.717) is 0 Å². The van der Waals surface area contributed by atoms with Crippen molar-refractivity contribution in [2.75, 3.05) is 25.9 Å². The van der Waals surface area contributed by atoms with E-state index in [1.165, 1.54) is 7.05 Å². The first-order valence-electron chi connectivity index (χ1n) is 4.77. The van der Waals surface area contributed by atoms with Crippen molar-refractivity contribution in [2.24, 2.45) is 0 Å². The number of nitrogens with zero attached hydrogens (tertiary/aromatic N) is 3. The smallest absolute Gasteiger partial charge is 0.312 e. The molecule has 0 saturated carbocycles.